The molecule has 2 aromatic rings. The fourth-order valence-corrected chi connectivity index (χ4v) is 2.16. The number of pyridine rings is 1. The molecule has 0 aliphatic rings. The first-order chi connectivity index (χ1) is 10.7. The third kappa shape index (κ3) is 2.93. The highest BCUT2D eigenvalue weighted by molar-refractivity contribution is 6.58. The van der Waals surface area contributed by atoms with E-state index in [0.717, 1.165) is 0 Å². The van der Waals surface area contributed by atoms with Crippen LogP contribution in [0.1, 0.15) is 20.7 Å². The number of carbonyl (C=O) groups is 2. The van der Waals surface area contributed by atoms with Crippen molar-refractivity contribution in [2.75, 3.05) is 5.73 Å². The Morgan fingerprint density at radius 1 is 1.00 bits per heavy atom. The summed E-state index contributed by atoms with van der Waals surface area (Å²) in [6, 6.07) is 5.05. The van der Waals surface area contributed by atoms with Gasteiger partial charge in [0.1, 0.15) is 16.9 Å². The van der Waals surface area contributed by atoms with Crippen LogP contribution in [-0.2, 0) is 0 Å². The Labute approximate surface area is 128 Å². The number of carboxylic acid groups (broad SMARTS) is 2. The second-order valence-corrected chi connectivity index (χ2v) is 4.60. The molecule has 2 rings (SSSR count). The van der Waals surface area contributed by atoms with E-state index in [-0.39, 0.29) is 16.6 Å². The monoisotopic (exact) mass is 318 g/mol. The molecule has 0 fully saturated rings. The van der Waals surface area contributed by atoms with Gasteiger partial charge in [-0.1, -0.05) is 24.3 Å². The van der Waals surface area contributed by atoms with E-state index < -0.39 is 41.6 Å². The third-order valence-electron chi connectivity index (χ3n) is 3.17. The molecule has 0 unspecified atom stereocenters. The summed E-state index contributed by atoms with van der Waals surface area (Å²) >= 11 is 0. The number of benzene rings is 1. The number of carboxylic acids is 2. The molecule has 0 radical (unpaired) electrons. The zero-order chi connectivity index (χ0) is 17.3. The number of rotatable bonds is 4. The maximum atomic E-state index is 11.8. The minimum absolute atomic E-state index is 0.0852. The van der Waals surface area contributed by atoms with Crippen LogP contribution in [0, 0.1) is 0 Å². The molecule has 0 amide bonds. The van der Waals surface area contributed by atoms with Crippen LogP contribution in [0.4, 0.5) is 5.82 Å². The summed E-state index contributed by atoms with van der Waals surface area (Å²) < 4.78 is 0. The average Bonchev–Trinajstić information content (AvgIpc) is 2.45. The van der Waals surface area contributed by atoms with Crippen molar-refractivity contribution in [2.24, 2.45) is 0 Å². The predicted molar refractivity (Wildman–Crippen MR) is 80.7 cm³/mol. The lowest BCUT2D eigenvalue weighted by Gasteiger charge is -2.12. The Bertz CT molecular complexity index is 843. The molecule has 1 aromatic heterocycles. The van der Waals surface area contributed by atoms with Crippen molar-refractivity contribution in [1.29, 1.82) is 0 Å². The predicted octanol–water partition coefficient (Wildman–Crippen LogP) is -1.30. The van der Waals surface area contributed by atoms with Gasteiger partial charge in [-0.15, -0.1) is 0 Å². The van der Waals surface area contributed by atoms with E-state index in [1.54, 1.807) is 0 Å². The number of aromatic nitrogens is 1. The highest BCUT2D eigenvalue weighted by atomic mass is 16.4. The summed E-state index contributed by atoms with van der Waals surface area (Å²) in [5.74, 6) is -3.61. The van der Waals surface area contributed by atoms with Crippen LogP contribution in [0.25, 0.3) is 11.1 Å². The summed E-state index contributed by atoms with van der Waals surface area (Å²) in [5.41, 5.74) is 2.97. The van der Waals surface area contributed by atoms with E-state index in [9.17, 15) is 24.6 Å². The van der Waals surface area contributed by atoms with Gasteiger partial charge in [0, 0.05) is 5.56 Å². The first-order valence-corrected chi connectivity index (χ1v) is 6.22. The normalized spacial score (nSPS) is 10.3. The van der Waals surface area contributed by atoms with Crippen molar-refractivity contribution in [2.45, 2.75) is 0 Å². The highest BCUT2D eigenvalue weighted by Gasteiger charge is 2.26. The molecule has 0 spiro atoms. The number of nitrogens with one attached hydrogen (secondary N) is 1. The quantitative estimate of drug-likeness (QED) is 0.377. The van der Waals surface area contributed by atoms with Crippen molar-refractivity contribution in [3.63, 3.8) is 0 Å². The molecule has 118 valence electrons. The molecule has 0 aliphatic carbocycles. The minimum atomic E-state index is -1.74. The van der Waals surface area contributed by atoms with Crippen molar-refractivity contribution in [1.82, 2.24) is 4.98 Å². The molecule has 1 heterocycles. The molecule has 10 heteroatoms. The number of nitrogens with two attached hydrogens (primary N) is 1. The van der Waals surface area contributed by atoms with Crippen LogP contribution in [0.5, 0.6) is 0 Å². The SMILES string of the molecule is Nc1[nH]c(=O)c(C(=O)O)c(-c2ccc(B(O)O)cc2)c1C(=O)O. The van der Waals surface area contributed by atoms with Crippen molar-refractivity contribution < 1.29 is 29.9 Å². The largest absolute Gasteiger partial charge is 0.488 e. The zero-order valence-electron chi connectivity index (χ0n) is 11.5. The molecule has 1 aromatic carbocycles. The van der Waals surface area contributed by atoms with Gasteiger partial charge in [-0.05, 0) is 11.0 Å². The Kier molecular flexibility index (Phi) is 4.21. The zero-order valence-corrected chi connectivity index (χ0v) is 11.5. The van der Waals surface area contributed by atoms with Gasteiger partial charge >= 0.3 is 19.1 Å². The van der Waals surface area contributed by atoms with Crippen LogP contribution in [0.2, 0.25) is 0 Å². The van der Waals surface area contributed by atoms with Gasteiger partial charge in [0.05, 0.1) is 0 Å². The summed E-state index contributed by atoms with van der Waals surface area (Å²) in [6.07, 6.45) is 0. The summed E-state index contributed by atoms with van der Waals surface area (Å²) in [5, 5.41) is 36.6. The summed E-state index contributed by atoms with van der Waals surface area (Å²) in [4.78, 5) is 36.6. The van der Waals surface area contributed by atoms with Crippen LogP contribution >= 0.6 is 0 Å². The van der Waals surface area contributed by atoms with Gasteiger partial charge in [-0.3, -0.25) is 4.79 Å². The van der Waals surface area contributed by atoms with Crippen LogP contribution in [-0.4, -0.2) is 44.3 Å². The van der Waals surface area contributed by atoms with Gasteiger partial charge in [-0.2, -0.15) is 0 Å². The molecule has 0 atom stereocenters. The van der Waals surface area contributed by atoms with Gasteiger partial charge in [0.25, 0.3) is 5.56 Å². The molecule has 0 saturated carbocycles. The number of nitrogen functional groups attached to an aromatic ring is 1. The number of hydrogen-bond donors (Lipinski definition) is 6. The molecule has 23 heavy (non-hydrogen) atoms. The summed E-state index contributed by atoms with van der Waals surface area (Å²) in [6.45, 7) is 0. The Morgan fingerprint density at radius 2 is 1.52 bits per heavy atom. The molecular formula is C13H11BN2O7. The fourth-order valence-electron chi connectivity index (χ4n) is 2.16. The van der Waals surface area contributed by atoms with Gasteiger partial charge in [0.2, 0.25) is 0 Å². The van der Waals surface area contributed by atoms with E-state index >= 15 is 0 Å². The van der Waals surface area contributed by atoms with Crippen molar-refractivity contribution in [3.05, 3.63) is 45.7 Å². The second-order valence-electron chi connectivity index (χ2n) is 4.60. The Hall–Kier alpha value is -3.11. The lowest BCUT2D eigenvalue weighted by molar-refractivity contribution is 0.0695. The molecule has 7 N–H and O–H groups in total. The fraction of sp³-hybridized carbons (Fsp3) is 0. The van der Waals surface area contributed by atoms with Gasteiger partial charge < -0.3 is 31.0 Å². The lowest BCUT2D eigenvalue weighted by atomic mass is 9.79. The van der Waals surface area contributed by atoms with Gasteiger partial charge in [0.15, 0.2) is 0 Å². The lowest BCUT2D eigenvalue weighted by Crippen LogP contribution is -2.29. The van der Waals surface area contributed by atoms with Crippen LogP contribution in [0.3, 0.4) is 0 Å². The van der Waals surface area contributed by atoms with E-state index in [4.69, 9.17) is 15.8 Å². The highest BCUT2D eigenvalue weighted by Crippen LogP contribution is 2.28. The first-order valence-electron chi connectivity index (χ1n) is 6.22. The number of anilines is 1. The maximum absolute atomic E-state index is 11.8. The van der Waals surface area contributed by atoms with Crippen molar-refractivity contribution >= 4 is 30.3 Å². The smallest absolute Gasteiger partial charge is 0.478 e. The number of H-pyrrole nitrogens is 1. The second kappa shape index (κ2) is 5.95. The van der Waals surface area contributed by atoms with E-state index in [1.807, 2.05) is 4.98 Å². The molecule has 9 nitrogen and oxygen atoms in total. The van der Waals surface area contributed by atoms with Crippen molar-refractivity contribution in [3.8, 4) is 11.1 Å². The van der Waals surface area contributed by atoms with E-state index in [2.05, 4.69) is 0 Å². The third-order valence-corrected chi connectivity index (χ3v) is 3.17. The Morgan fingerprint density at radius 3 is 1.96 bits per heavy atom. The van der Waals surface area contributed by atoms with E-state index in [0.29, 0.717) is 0 Å². The molecular weight excluding hydrogens is 307 g/mol. The van der Waals surface area contributed by atoms with Crippen LogP contribution < -0.4 is 16.8 Å². The minimum Gasteiger partial charge on any atom is -0.478 e. The summed E-state index contributed by atoms with van der Waals surface area (Å²) in [7, 11) is -1.74. The number of aromatic carboxylic acids is 2. The topological polar surface area (TPSA) is 174 Å². The first kappa shape index (κ1) is 16.3. The van der Waals surface area contributed by atoms with Gasteiger partial charge in [-0.25, -0.2) is 9.59 Å². The van der Waals surface area contributed by atoms with E-state index in [1.165, 1.54) is 24.3 Å². The number of aromatic amines is 1. The maximum Gasteiger partial charge on any atom is 0.488 e. The molecule has 0 bridgehead atoms. The van der Waals surface area contributed by atoms with Crippen LogP contribution in [0.15, 0.2) is 29.1 Å². The number of hydrogen-bond acceptors (Lipinski definition) is 6. The molecule has 0 aliphatic heterocycles. The molecule has 0 saturated heterocycles. The average molecular weight is 318 g/mol. The standard InChI is InChI=1S/C13H11BN2O7/c15-10-8(12(18)19)7(9(13(20)21)11(17)16-10)5-1-3-6(4-2-5)14(22)23/h1-4,22-23H,(H,18,19)(H,20,21)(H3,15,16,17). The Balaban J connectivity index is 2.85.